The zero-order valence-electron chi connectivity index (χ0n) is 16.8. The van der Waals surface area contributed by atoms with Crippen molar-refractivity contribution in [2.75, 3.05) is 4.90 Å². The van der Waals surface area contributed by atoms with E-state index < -0.39 is 17.8 Å². The first-order valence-corrected chi connectivity index (χ1v) is 11.2. The molecule has 1 N–H and O–H groups in total. The number of anilines is 1. The Bertz CT molecular complexity index is 1290. The van der Waals surface area contributed by atoms with E-state index in [0.29, 0.717) is 27.0 Å². The van der Waals surface area contributed by atoms with Crippen LogP contribution in [-0.2, 0) is 16.2 Å². The summed E-state index contributed by atoms with van der Waals surface area (Å²) in [6, 6.07) is 17.8. The number of imide groups is 2. The van der Waals surface area contributed by atoms with Crippen LogP contribution in [0.5, 0.6) is 5.75 Å². The summed E-state index contributed by atoms with van der Waals surface area (Å²) in [5.41, 5.74) is 1.35. The van der Waals surface area contributed by atoms with Crippen molar-refractivity contribution in [1.29, 1.82) is 0 Å². The molecule has 0 radical (unpaired) electrons. The van der Waals surface area contributed by atoms with Crippen LogP contribution >= 0.6 is 39.1 Å². The SMILES string of the molecule is O=C1NC(=O)N(c2ccc(Br)cc2)C(=O)/C1=C/c1cc(Cl)ccc1OCc1cccc(Cl)c1. The third kappa shape index (κ3) is 5.27. The lowest BCUT2D eigenvalue weighted by atomic mass is 10.1. The molecular formula is C24H15BrCl2N2O4. The van der Waals surface area contributed by atoms with Gasteiger partial charge in [-0.15, -0.1) is 0 Å². The lowest BCUT2D eigenvalue weighted by molar-refractivity contribution is -0.122. The van der Waals surface area contributed by atoms with Crippen LogP contribution in [0.2, 0.25) is 10.0 Å². The number of ether oxygens (including phenoxy) is 1. The van der Waals surface area contributed by atoms with Crippen molar-refractivity contribution >= 4 is 68.7 Å². The van der Waals surface area contributed by atoms with Gasteiger partial charge in [0.25, 0.3) is 11.8 Å². The summed E-state index contributed by atoms with van der Waals surface area (Å²) < 4.78 is 6.68. The third-order valence-electron chi connectivity index (χ3n) is 4.74. The number of carbonyl (C=O) groups is 3. The van der Waals surface area contributed by atoms with Crippen LogP contribution in [0.4, 0.5) is 10.5 Å². The molecule has 33 heavy (non-hydrogen) atoms. The molecule has 0 bridgehead atoms. The minimum atomic E-state index is -0.826. The number of amides is 4. The van der Waals surface area contributed by atoms with Crippen molar-refractivity contribution < 1.29 is 19.1 Å². The molecule has 1 heterocycles. The Kier molecular flexibility index (Phi) is 6.83. The first-order valence-electron chi connectivity index (χ1n) is 9.65. The molecule has 3 aromatic rings. The monoisotopic (exact) mass is 544 g/mol. The number of hydrogen-bond acceptors (Lipinski definition) is 4. The van der Waals surface area contributed by atoms with Gasteiger partial charge in [-0.25, -0.2) is 9.69 Å². The summed E-state index contributed by atoms with van der Waals surface area (Å²) in [5.74, 6) is -1.16. The number of halogens is 3. The molecule has 1 fully saturated rings. The molecule has 4 amide bonds. The van der Waals surface area contributed by atoms with Crippen molar-refractivity contribution in [3.63, 3.8) is 0 Å². The van der Waals surface area contributed by atoms with Gasteiger partial charge < -0.3 is 4.74 Å². The average Bonchev–Trinajstić information content (AvgIpc) is 2.77. The Morgan fingerprint density at radius 2 is 1.67 bits per heavy atom. The Labute approximate surface area is 207 Å². The van der Waals surface area contributed by atoms with E-state index in [-0.39, 0.29) is 12.2 Å². The Morgan fingerprint density at radius 1 is 0.939 bits per heavy atom. The number of carbonyl (C=O) groups excluding carboxylic acids is 3. The van der Waals surface area contributed by atoms with Crippen LogP contribution in [0.25, 0.3) is 6.08 Å². The molecule has 0 unspecified atom stereocenters. The van der Waals surface area contributed by atoms with Gasteiger partial charge in [0, 0.05) is 20.1 Å². The van der Waals surface area contributed by atoms with Gasteiger partial charge in [-0.3, -0.25) is 14.9 Å². The number of nitrogens with zero attached hydrogens (tertiary/aromatic N) is 1. The van der Waals surface area contributed by atoms with E-state index in [1.807, 2.05) is 12.1 Å². The molecular weight excluding hydrogens is 531 g/mol. The van der Waals surface area contributed by atoms with Gasteiger partial charge in [0.2, 0.25) is 0 Å². The minimum absolute atomic E-state index is 0.210. The van der Waals surface area contributed by atoms with Crippen LogP contribution < -0.4 is 15.0 Å². The largest absolute Gasteiger partial charge is 0.488 e. The molecule has 0 saturated carbocycles. The highest BCUT2D eigenvalue weighted by Crippen LogP contribution is 2.29. The highest BCUT2D eigenvalue weighted by atomic mass is 79.9. The number of rotatable bonds is 5. The highest BCUT2D eigenvalue weighted by molar-refractivity contribution is 9.10. The summed E-state index contributed by atoms with van der Waals surface area (Å²) in [7, 11) is 0. The maximum atomic E-state index is 13.1. The molecule has 9 heteroatoms. The van der Waals surface area contributed by atoms with Crippen molar-refractivity contribution in [3.05, 3.63) is 97.9 Å². The van der Waals surface area contributed by atoms with E-state index in [9.17, 15) is 14.4 Å². The fourth-order valence-corrected chi connectivity index (χ4v) is 3.85. The predicted octanol–water partition coefficient (Wildman–Crippen LogP) is 6.00. The fourth-order valence-electron chi connectivity index (χ4n) is 3.19. The molecule has 4 rings (SSSR count). The van der Waals surface area contributed by atoms with Crippen LogP contribution in [0.15, 0.2) is 76.8 Å². The molecule has 0 spiro atoms. The smallest absolute Gasteiger partial charge is 0.335 e. The molecule has 0 aromatic heterocycles. The van der Waals surface area contributed by atoms with Crippen LogP contribution in [0, 0.1) is 0 Å². The summed E-state index contributed by atoms with van der Waals surface area (Å²) in [5, 5.41) is 3.17. The van der Waals surface area contributed by atoms with E-state index in [4.69, 9.17) is 27.9 Å². The van der Waals surface area contributed by atoms with Gasteiger partial charge in [-0.05, 0) is 66.2 Å². The summed E-state index contributed by atoms with van der Waals surface area (Å²) in [4.78, 5) is 38.9. The number of hydrogen-bond donors (Lipinski definition) is 1. The minimum Gasteiger partial charge on any atom is -0.488 e. The third-order valence-corrected chi connectivity index (χ3v) is 5.74. The van der Waals surface area contributed by atoms with Crippen LogP contribution in [0.3, 0.4) is 0 Å². The van der Waals surface area contributed by atoms with Crippen molar-refractivity contribution in [2.24, 2.45) is 0 Å². The Hall–Kier alpha value is -3.13. The predicted molar refractivity (Wildman–Crippen MR) is 130 cm³/mol. The van der Waals surface area contributed by atoms with Gasteiger partial charge in [0.05, 0.1) is 5.69 Å². The standard InChI is InChI=1S/C24H15BrCl2N2O4/c25-16-4-7-19(8-5-16)29-23(31)20(22(30)28-24(29)32)12-15-11-18(27)6-9-21(15)33-13-14-2-1-3-17(26)10-14/h1-12H,13H2,(H,28,30,32)/b20-12+. The number of benzene rings is 3. The van der Waals surface area contributed by atoms with Crippen molar-refractivity contribution in [2.45, 2.75) is 6.61 Å². The van der Waals surface area contributed by atoms with Gasteiger partial charge in [-0.1, -0.05) is 51.3 Å². The molecule has 0 atom stereocenters. The quantitative estimate of drug-likeness (QED) is 0.315. The zero-order chi connectivity index (χ0) is 23.5. The van der Waals surface area contributed by atoms with Gasteiger partial charge >= 0.3 is 6.03 Å². The second-order valence-electron chi connectivity index (χ2n) is 7.04. The molecule has 166 valence electrons. The number of urea groups is 1. The van der Waals surface area contributed by atoms with Gasteiger partial charge in [0.15, 0.2) is 0 Å². The Morgan fingerprint density at radius 3 is 2.39 bits per heavy atom. The second kappa shape index (κ2) is 9.79. The first kappa shape index (κ1) is 23.0. The van der Waals surface area contributed by atoms with E-state index >= 15 is 0 Å². The van der Waals surface area contributed by atoms with E-state index in [0.717, 1.165) is 14.9 Å². The van der Waals surface area contributed by atoms with E-state index in [2.05, 4.69) is 21.2 Å². The Balaban J connectivity index is 1.67. The first-order chi connectivity index (χ1) is 15.8. The average molecular weight is 546 g/mol. The number of barbiturate groups is 1. The van der Waals surface area contributed by atoms with Crippen LogP contribution in [-0.4, -0.2) is 17.8 Å². The molecule has 1 aliphatic rings. The second-order valence-corrected chi connectivity index (χ2v) is 8.82. The van der Waals surface area contributed by atoms with Crippen molar-refractivity contribution in [3.8, 4) is 5.75 Å². The normalized spacial score (nSPS) is 15.1. The maximum Gasteiger partial charge on any atom is 0.335 e. The highest BCUT2D eigenvalue weighted by Gasteiger charge is 2.37. The van der Waals surface area contributed by atoms with E-state index in [1.54, 1.807) is 54.6 Å². The molecule has 0 aliphatic carbocycles. The van der Waals surface area contributed by atoms with Crippen molar-refractivity contribution in [1.82, 2.24) is 5.32 Å². The van der Waals surface area contributed by atoms with Gasteiger partial charge in [-0.2, -0.15) is 0 Å². The maximum absolute atomic E-state index is 13.1. The zero-order valence-corrected chi connectivity index (χ0v) is 19.9. The topological polar surface area (TPSA) is 75.7 Å². The number of nitrogens with one attached hydrogen (secondary N) is 1. The molecule has 6 nitrogen and oxygen atoms in total. The lowest BCUT2D eigenvalue weighted by Crippen LogP contribution is -2.54. The fraction of sp³-hybridized carbons (Fsp3) is 0.0417. The molecule has 1 saturated heterocycles. The van der Waals surface area contributed by atoms with Crippen LogP contribution in [0.1, 0.15) is 11.1 Å². The summed E-state index contributed by atoms with van der Waals surface area (Å²) in [6.45, 7) is 0.210. The van der Waals surface area contributed by atoms with Gasteiger partial charge in [0.1, 0.15) is 17.9 Å². The summed E-state index contributed by atoms with van der Waals surface area (Å²) >= 11 is 15.5. The molecule has 1 aliphatic heterocycles. The summed E-state index contributed by atoms with van der Waals surface area (Å²) in [6.07, 6.45) is 1.36. The van der Waals surface area contributed by atoms with E-state index in [1.165, 1.54) is 6.08 Å². The lowest BCUT2D eigenvalue weighted by Gasteiger charge is -2.26. The molecule has 3 aromatic carbocycles.